The molecular weight excluding hydrogens is 363 g/mol. The third-order valence-electron chi connectivity index (χ3n) is 5.87. The zero-order chi connectivity index (χ0) is 19.4. The highest BCUT2D eigenvalue weighted by Gasteiger charge is 2.42. The van der Waals surface area contributed by atoms with Gasteiger partial charge in [0.25, 0.3) is 0 Å². The van der Waals surface area contributed by atoms with Gasteiger partial charge in [0.15, 0.2) is 0 Å². The Morgan fingerprint density at radius 1 is 1.11 bits per heavy atom. The van der Waals surface area contributed by atoms with Gasteiger partial charge in [0.1, 0.15) is 5.82 Å². The lowest BCUT2D eigenvalue weighted by Crippen LogP contribution is -2.55. The van der Waals surface area contributed by atoms with E-state index in [9.17, 15) is 12.8 Å². The summed E-state index contributed by atoms with van der Waals surface area (Å²) in [5.74, 6) is -0.387. The molecule has 2 aliphatic heterocycles. The molecule has 0 aliphatic carbocycles. The number of hydrogen-bond acceptors (Lipinski definition) is 3. The van der Waals surface area contributed by atoms with Crippen LogP contribution in [0.4, 0.5) is 4.39 Å². The summed E-state index contributed by atoms with van der Waals surface area (Å²) >= 11 is 0. The molecule has 0 saturated carbocycles. The SMILES string of the molecule is Cc1cc(S(=O)(=O)N2CCN3CC(C)(C)c4ccccc4C3C2)ccc1F. The van der Waals surface area contributed by atoms with Gasteiger partial charge in [-0.15, -0.1) is 0 Å². The summed E-state index contributed by atoms with van der Waals surface area (Å²) in [6.45, 7) is 8.56. The second kappa shape index (κ2) is 6.40. The number of sulfonamides is 1. The first-order valence-corrected chi connectivity index (χ1v) is 10.7. The van der Waals surface area contributed by atoms with E-state index in [1.165, 1.54) is 29.3 Å². The molecule has 0 bridgehead atoms. The fourth-order valence-electron chi connectivity index (χ4n) is 4.42. The van der Waals surface area contributed by atoms with Crippen molar-refractivity contribution in [1.29, 1.82) is 0 Å². The molecule has 1 unspecified atom stereocenters. The molecule has 2 aromatic carbocycles. The molecule has 1 fully saturated rings. The molecule has 0 amide bonds. The zero-order valence-electron chi connectivity index (χ0n) is 15.9. The van der Waals surface area contributed by atoms with E-state index >= 15 is 0 Å². The van der Waals surface area contributed by atoms with Gasteiger partial charge in [-0.25, -0.2) is 12.8 Å². The van der Waals surface area contributed by atoms with Crippen LogP contribution in [0.25, 0.3) is 0 Å². The third kappa shape index (κ3) is 3.10. The van der Waals surface area contributed by atoms with Crippen molar-refractivity contribution < 1.29 is 12.8 Å². The van der Waals surface area contributed by atoms with E-state index in [-0.39, 0.29) is 22.2 Å². The number of rotatable bonds is 2. The normalized spacial score (nSPS) is 22.9. The molecule has 0 spiro atoms. The van der Waals surface area contributed by atoms with Crippen molar-refractivity contribution in [3.63, 3.8) is 0 Å². The highest BCUT2D eigenvalue weighted by Crippen LogP contribution is 2.41. The number of halogens is 1. The molecule has 27 heavy (non-hydrogen) atoms. The lowest BCUT2D eigenvalue weighted by molar-refractivity contribution is 0.0807. The Morgan fingerprint density at radius 2 is 1.85 bits per heavy atom. The quantitative estimate of drug-likeness (QED) is 0.791. The largest absolute Gasteiger partial charge is 0.293 e. The van der Waals surface area contributed by atoms with Gasteiger partial charge in [0.05, 0.1) is 4.90 Å². The molecule has 144 valence electrons. The van der Waals surface area contributed by atoms with E-state index in [0.29, 0.717) is 25.2 Å². The summed E-state index contributed by atoms with van der Waals surface area (Å²) < 4.78 is 41.4. The van der Waals surface area contributed by atoms with Crippen LogP contribution in [-0.4, -0.2) is 43.8 Å². The van der Waals surface area contributed by atoms with Crippen molar-refractivity contribution in [3.8, 4) is 0 Å². The topological polar surface area (TPSA) is 40.6 Å². The van der Waals surface area contributed by atoms with Crippen LogP contribution in [0.3, 0.4) is 0 Å². The average molecular weight is 389 g/mol. The van der Waals surface area contributed by atoms with Crippen LogP contribution in [0.1, 0.15) is 36.6 Å². The first-order chi connectivity index (χ1) is 12.7. The number of hydrogen-bond donors (Lipinski definition) is 0. The molecule has 2 aromatic rings. The van der Waals surface area contributed by atoms with E-state index in [1.807, 2.05) is 6.07 Å². The maximum atomic E-state index is 13.6. The van der Waals surface area contributed by atoms with Crippen molar-refractivity contribution >= 4 is 10.0 Å². The number of benzene rings is 2. The molecule has 2 aliphatic rings. The van der Waals surface area contributed by atoms with E-state index in [2.05, 4.69) is 36.9 Å². The van der Waals surface area contributed by atoms with Gasteiger partial charge >= 0.3 is 0 Å². The number of fused-ring (bicyclic) bond motifs is 3. The minimum Gasteiger partial charge on any atom is -0.293 e. The summed E-state index contributed by atoms with van der Waals surface area (Å²) in [5, 5.41) is 0. The second-order valence-electron chi connectivity index (χ2n) is 8.23. The Kier molecular flexibility index (Phi) is 4.41. The van der Waals surface area contributed by atoms with Gasteiger partial charge in [0.2, 0.25) is 10.0 Å². The van der Waals surface area contributed by atoms with Gasteiger partial charge in [-0.1, -0.05) is 38.1 Å². The monoisotopic (exact) mass is 388 g/mol. The smallest absolute Gasteiger partial charge is 0.243 e. The van der Waals surface area contributed by atoms with Crippen molar-refractivity contribution in [2.75, 3.05) is 26.2 Å². The minimum absolute atomic E-state index is 0.0439. The average Bonchev–Trinajstić information content (AvgIpc) is 2.63. The van der Waals surface area contributed by atoms with Crippen molar-refractivity contribution in [1.82, 2.24) is 9.21 Å². The maximum absolute atomic E-state index is 13.6. The summed E-state index contributed by atoms with van der Waals surface area (Å²) in [5.41, 5.74) is 2.90. The molecular formula is C21H25FN2O2S. The highest BCUT2D eigenvalue weighted by molar-refractivity contribution is 7.89. The summed E-state index contributed by atoms with van der Waals surface area (Å²) in [4.78, 5) is 2.56. The van der Waals surface area contributed by atoms with Crippen LogP contribution in [0.5, 0.6) is 0 Å². The summed E-state index contributed by atoms with van der Waals surface area (Å²) in [7, 11) is -3.64. The molecule has 6 heteroatoms. The van der Waals surface area contributed by atoms with Crippen molar-refractivity contribution in [2.45, 2.75) is 37.1 Å². The fourth-order valence-corrected chi connectivity index (χ4v) is 5.94. The van der Waals surface area contributed by atoms with Gasteiger partial charge in [-0.3, -0.25) is 4.90 Å². The first kappa shape index (κ1) is 18.6. The lowest BCUT2D eigenvalue weighted by atomic mass is 9.75. The zero-order valence-corrected chi connectivity index (χ0v) is 16.8. The van der Waals surface area contributed by atoms with Gasteiger partial charge in [0, 0.05) is 37.6 Å². The predicted octanol–water partition coefficient (Wildman–Crippen LogP) is 3.47. The molecule has 4 rings (SSSR count). The third-order valence-corrected chi connectivity index (χ3v) is 7.73. The van der Waals surface area contributed by atoms with Crippen LogP contribution in [0.15, 0.2) is 47.4 Å². The molecule has 0 radical (unpaired) electrons. The molecule has 4 nitrogen and oxygen atoms in total. The van der Waals surface area contributed by atoms with Gasteiger partial charge in [-0.2, -0.15) is 4.31 Å². The van der Waals surface area contributed by atoms with E-state index in [1.54, 1.807) is 11.2 Å². The van der Waals surface area contributed by atoms with Crippen molar-refractivity contribution in [2.24, 2.45) is 0 Å². The van der Waals surface area contributed by atoms with Gasteiger partial charge < -0.3 is 0 Å². The summed E-state index contributed by atoms with van der Waals surface area (Å²) in [6.07, 6.45) is 0. The van der Waals surface area contributed by atoms with Crippen LogP contribution >= 0.6 is 0 Å². The Hall–Kier alpha value is -1.76. The van der Waals surface area contributed by atoms with Crippen LogP contribution in [0.2, 0.25) is 0 Å². The minimum atomic E-state index is -3.64. The Balaban J connectivity index is 1.69. The second-order valence-corrected chi connectivity index (χ2v) is 10.2. The lowest BCUT2D eigenvalue weighted by Gasteiger charge is -2.49. The molecule has 1 atom stereocenters. The first-order valence-electron chi connectivity index (χ1n) is 9.30. The van der Waals surface area contributed by atoms with Crippen LogP contribution in [0, 0.1) is 12.7 Å². The molecule has 2 heterocycles. The number of nitrogens with zero attached hydrogens (tertiary/aromatic N) is 2. The molecule has 0 N–H and O–H groups in total. The Bertz CT molecular complexity index is 987. The summed E-state index contributed by atoms with van der Waals surface area (Å²) in [6, 6.07) is 12.4. The molecule has 1 saturated heterocycles. The van der Waals surface area contributed by atoms with Crippen molar-refractivity contribution in [3.05, 3.63) is 65.0 Å². The molecule has 0 aromatic heterocycles. The van der Waals surface area contributed by atoms with E-state index in [4.69, 9.17) is 0 Å². The maximum Gasteiger partial charge on any atom is 0.243 e. The Morgan fingerprint density at radius 3 is 2.59 bits per heavy atom. The van der Waals surface area contributed by atoms with E-state index < -0.39 is 10.0 Å². The van der Waals surface area contributed by atoms with Crippen LogP contribution < -0.4 is 0 Å². The number of aryl methyl sites for hydroxylation is 1. The fraction of sp³-hybridized carbons (Fsp3) is 0.429. The van der Waals surface area contributed by atoms with E-state index in [0.717, 1.165) is 6.54 Å². The standard InChI is InChI=1S/C21H25FN2O2S/c1-15-12-16(8-9-19(15)22)27(25,26)24-11-10-23-14-21(2,3)18-7-5-4-6-17(18)20(23)13-24/h4-9,12,20H,10-11,13-14H2,1-3H3. The highest BCUT2D eigenvalue weighted by atomic mass is 32.2. The number of piperazine rings is 1. The van der Waals surface area contributed by atoms with Crippen LogP contribution in [-0.2, 0) is 15.4 Å². The Labute approximate surface area is 160 Å². The van der Waals surface area contributed by atoms with Gasteiger partial charge in [-0.05, 0) is 41.8 Å². The predicted molar refractivity (Wildman–Crippen MR) is 104 cm³/mol.